The van der Waals surface area contributed by atoms with Crippen LogP contribution < -0.4 is 0 Å². The van der Waals surface area contributed by atoms with Crippen LogP contribution in [0.15, 0.2) is 0 Å². The van der Waals surface area contributed by atoms with Crippen LogP contribution in [0, 0.1) is 23.7 Å². The van der Waals surface area contributed by atoms with E-state index in [4.69, 9.17) is 37.0 Å². The summed E-state index contributed by atoms with van der Waals surface area (Å²) in [4.78, 5) is 72.6. The van der Waals surface area contributed by atoms with Gasteiger partial charge >= 0.3 is 39.5 Å². The molecule has 0 aromatic heterocycles. The standard InChI is InChI=1S/C72H140O17P2/c1-9-64(7)50-42-34-25-21-18-19-23-27-38-46-54-71(76)88-67(59-83-70(75)53-45-37-30-28-33-41-49-63(5)6)60-86-90(78,79)84-56-66(73)57-85-91(80,81)87-61-68(89-72(77)55-47-39-31-29-35-43-51-65(8)10-2)58-82-69(74)52-44-36-26-22-17-15-13-11-12-14-16-20-24-32-40-48-62(3)4/h62-68,73H,9-61H2,1-8H3,(H,78,79)(H,80,81)/t64?,65?,66-,67+,68+/m0/s1. The van der Waals surface area contributed by atoms with Crippen molar-refractivity contribution < 1.29 is 80.2 Å². The second kappa shape index (κ2) is 61.6. The minimum Gasteiger partial charge on any atom is -0.462 e. The van der Waals surface area contributed by atoms with Crippen molar-refractivity contribution >= 4 is 39.5 Å². The fourth-order valence-corrected chi connectivity index (χ4v) is 12.4. The zero-order valence-corrected chi connectivity index (χ0v) is 61.3. The van der Waals surface area contributed by atoms with Crippen LogP contribution >= 0.6 is 15.6 Å². The van der Waals surface area contributed by atoms with Gasteiger partial charge in [0.1, 0.15) is 19.3 Å². The normalized spacial score (nSPS) is 14.8. The van der Waals surface area contributed by atoms with Crippen molar-refractivity contribution in [3.63, 3.8) is 0 Å². The minimum absolute atomic E-state index is 0.103. The van der Waals surface area contributed by atoms with E-state index in [1.54, 1.807) is 0 Å². The van der Waals surface area contributed by atoms with Gasteiger partial charge in [-0.1, -0.05) is 306 Å². The topological polar surface area (TPSA) is 237 Å². The second-order valence-corrected chi connectivity index (χ2v) is 30.3. The van der Waals surface area contributed by atoms with Crippen molar-refractivity contribution in [1.82, 2.24) is 0 Å². The monoisotopic (exact) mass is 1340 g/mol. The zero-order valence-electron chi connectivity index (χ0n) is 59.5. The van der Waals surface area contributed by atoms with Crippen LogP contribution in [0.25, 0.3) is 0 Å². The van der Waals surface area contributed by atoms with E-state index in [9.17, 15) is 43.2 Å². The van der Waals surface area contributed by atoms with E-state index < -0.39 is 97.5 Å². The van der Waals surface area contributed by atoms with Crippen LogP contribution in [0.3, 0.4) is 0 Å². The number of hydrogen-bond donors (Lipinski definition) is 3. The molecule has 0 heterocycles. The number of phosphoric acid groups is 2. The van der Waals surface area contributed by atoms with Crippen molar-refractivity contribution in [3.05, 3.63) is 0 Å². The number of phosphoric ester groups is 2. The molecule has 91 heavy (non-hydrogen) atoms. The molecule has 0 fully saturated rings. The van der Waals surface area contributed by atoms with Gasteiger partial charge in [0.2, 0.25) is 0 Å². The predicted molar refractivity (Wildman–Crippen MR) is 367 cm³/mol. The Labute approximate surface area is 556 Å². The summed E-state index contributed by atoms with van der Waals surface area (Å²) in [6.45, 7) is 14.1. The Morgan fingerprint density at radius 3 is 0.780 bits per heavy atom. The van der Waals surface area contributed by atoms with E-state index in [0.717, 1.165) is 114 Å². The summed E-state index contributed by atoms with van der Waals surface area (Å²) in [7, 11) is -9.90. The first-order chi connectivity index (χ1) is 43.7. The molecule has 0 bridgehead atoms. The lowest BCUT2D eigenvalue weighted by molar-refractivity contribution is -0.161. The molecule has 4 unspecified atom stereocenters. The van der Waals surface area contributed by atoms with Gasteiger partial charge in [0.25, 0.3) is 0 Å². The molecule has 0 rings (SSSR count). The quantitative estimate of drug-likeness (QED) is 0.0222. The summed E-state index contributed by atoms with van der Waals surface area (Å²) in [5, 5.41) is 10.6. The number of esters is 4. The van der Waals surface area contributed by atoms with Crippen LogP contribution in [0.2, 0.25) is 0 Å². The molecule has 7 atom stereocenters. The van der Waals surface area contributed by atoms with Crippen molar-refractivity contribution in [2.24, 2.45) is 23.7 Å². The fourth-order valence-electron chi connectivity index (χ4n) is 10.8. The Morgan fingerprint density at radius 2 is 0.527 bits per heavy atom. The van der Waals surface area contributed by atoms with Crippen molar-refractivity contribution in [3.8, 4) is 0 Å². The summed E-state index contributed by atoms with van der Waals surface area (Å²) < 4.78 is 68.3. The highest BCUT2D eigenvalue weighted by molar-refractivity contribution is 7.47. The molecule has 0 aliphatic rings. The molecular formula is C72H140O17P2. The number of aliphatic hydroxyl groups is 1. The summed E-state index contributed by atoms with van der Waals surface area (Å²) >= 11 is 0. The first-order valence-corrected chi connectivity index (χ1v) is 40.3. The molecule has 0 aromatic carbocycles. The molecule has 0 aliphatic carbocycles. The first kappa shape index (κ1) is 89.1. The van der Waals surface area contributed by atoms with Crippen molar-refractivity contribution in [1.29, 1.82) is 0 Å². The Balaban J connectivity index is 5.19. The van der Waals surface area contributed by atoms with Gasteiger partial charge in [-0.2, -0.15) is 0 Å². The molecule has 0 amide bonds. The molecule has 540 valence electrons. The molecule has 0 aliphatic heterocycles. The van der Waals surface area contributed by atoms with Gasteiger partial charge in [-0.05, 0) is 49.4 Å². The fraction of sp³-hybridized carbons (Fsp3) is 0.944. The number of aliphatic hydroxyl groups excluding tert-OH is 1. The number of rotatable bonds is 69. The molecular weight excluding hydrogens is 1200 g/mol. The zero-order chi connectivity index (χ0) is 67.5. The highest BCUT2D eigenvalue weighted by atomic mass is 31.2. The largest absolute Gasteiger partial charge is 0.472 e. The lowest BCUT2D eigenvalue weighted by Gasteiger charge is -2.21. The molecule has 17 nitrogen and oxygen atoms in total. The molecule has 0 saturated carbocycles. The Bertz CT molecular complexity index is 1800. The molecule has 0 aromatic rings. The van der Waals surface area contributed by atoms with E-state index in [1.165, 1.54) is 154 Å². The number of carbonyl (C=O) groups excluding carboxylic acids is 4. The number of carbonyl (C=O) groups is 4. The van der Waals surface area contributed by atoms with Crippen LogP contribution in [0.1, 0.15) is 357 Å². The first-order valence-electron chi connectivity index (χ1n) is 37.3. The van der Waals surface area contributed by atoms with Gasteiger partial charge in [0.15, 0.2) is 12.2 Å². The SMILES string of the molecule is CCC(C)CCCCCCCCCCCCC(=O)O[C@H](COC(=O)CCCCCCCCC(C)C)COP(=O)(O)OC[C@H](O)COP(=O)(O)OC[C@@H](COC(=O)CCCCCCCCCCCCCCCCCC(C)C)OC(=O)CCCCCCCCC(C)CC. The lowest BCUT2D eigenvalue weighted by Crippen LogP contribution is -2.30. The van der Waals surface area contributed by atoms with Crippen LogP contribution in [0.5, 0.6) is 0 Å². The molecule has 0 radical (unpaired) electrons. The van der Waals surface area contributed by atoms with Gasteiger partial charge in [-0.15, -0.1) is 0 Å². The number of ether oxygens (including phenoxy) is 4. The Morgan fingerprint density at radius 1 is 0.308 bits per heavy atom. The molecule has 3 N–H and O–H groups in total. The average molecular weight is 1340 g/mol. The Hall–Kier alpha value is -1.94. The minimum atomic E-state index is -4.95. The molecule has 0 spiro atoms. The highest BCUT2D eigenvalue weighted by Crippen LogP contribution is 2.45. The van der Waals surface area contributed by atoms with Gasteiger partial charge in [0.05, 0.1) is 26.4 Å². The van der Waals surface area contributed by atoms with E-state index in [-0.39, 0.29) is 25.7 Å². The van der Waals surface area contributed by atoms with Crippen LogP contribution in [-0.4, -0.2) is 96.7 Å². The van der Waals surface area contributed by atoms with Crippen LogP contribution in [0.4, 0.5) is 0 Å². The third-order valence-electron chi connectivity index (χ3n) is 17.3. The molecule has 19 heteroatoms. The van der Waals surface area contributed by atoms with Gasteiger partial charge in [0, 0.05) is 25.7 Å². The van der Waals surface area contributed by atoms with Gasteiger partial charge in [-0.25, -0.2) is 9.13 Å². The molecule has 0 saturated heterocycles. The Kier molecular flexibility index (Phi) is 60.3. The maximum Gasteiger partial charge on any atom is 0.472 e. The van der Waals surface area contributed by atoms with E-state index >= 15 is 0 Å². The average Bonchev–Trinajstić information content (AvgIpc) is 3.09. The third-order valence-corrected chi connectivity index (χ3v) is 19.2. The smallest absolute Gasteiger partial charge is 0.462 e. The van der Waals surface area contributed by atoms with Crippen molar-refractivity contribution in [2.75, 3.05) is 39.6 Å². The summed E-state index contributed by atoms with van der Waals surface area (Å²) in [5.41, 5.74) is 0. The van der Waals surface area contributed by atoms with Gasteiger partial charge in [-0.3, -0.25) is 37.3 Å². The predicted octanol–water partition coefficient (Wildman–Crippen LogP) is 20.5. The summed E-state index contributed by atoms with van der Waals surface area (Å²) in [6, 6.07) is 0. The summed E-state index contributed by atoms with van der Waals surface area (Å²) in [5.74, 6) is 0.877. The van der Waals surface area contributed by atoms with Crippen LogP contribution in [-0.2, 0) is 65.4 Å². The van der Waals surface area contributed by atoms with E-state index in [1.807, 2.05) is 0 Å². The second-order valence-electron chi connectivity index (χ2n) is 27.4. The summed E-state index contributed by atoms with van der Waals surface area (Å²) in [6.07, 6.45) is 44.6. The lowest BCUT2D eigenvalue weighted by atomic mass is 9.99. The maximum absolute atomic E-state index is 13.0. The van der Waals surface area contributed by atoms with E-state index in [0.29, 0.717) is 31.6 Å². The maximum atomic E-state index is 13.0. The van der Waals surface area contributed by atoms with E-state index in [2.05, 4.69) is 55.4 Å². The van der Waals surface area contributed by atoms with Crippen molar-refractivity contribution in [2.45, 2.75) is 375 Å². The third kappa shape index (κ3) is 63.9. The highest BCUT2D eigenvalue weighted by Gasteiger charge is 2.30. The number of hydrogen-bond acceptors (Lipinski definition) is 15. The van der Waals surface area contributed by atoms with Gasteiger partial charge < -0.3 is 33.8 Å². The number of unbranched alkanes of at least 4 members (excludes halogenated alkanes) is 33.